The molecule has 11 nitrogen and oxygen atoms in total. The lowest BCUT2D eigenvalue weighted by molar-refractivity contribution is -0.0660. The van der Waals surface area contributed by atoms with E-state index in [-0.39, 0.29) is 5.56 Å². The number of nitrogens with zero attached hydrogens (tertiary/aromatic N) is 6. The van der Waals surface area contributed by atoms with E-state index in [2.05, 4.69) is 35.6 Å². The third-order valence-corrected chi connectivity index (χ3v) is 6.73. The van der Waals surface area contributed by atoms with E-state index in [0.29, 0.717) is 40.1 Å². The standard InChI is InChI=1S/C26H30N8O3/c1-3-29-31-25-22(15-35)21(6-7-27-25)18-12-23(26(36)32(2)14-18)30-24-5-4-19(13-28-24)33-8-10-34(11-9-33)20-16-37-17-20/h3-7,12-15,20H,8-11,16-17H2,1-2H3,(H,27,31)(H,28,30)/b29-3-. The maximum atomic E-state index is 12.9. The molecule has 0 saturated carbocycles. The van der Waals surface area contributed by atoms with Gasteiger partial charge in [0, 0.05) is 57.4 Å². The normalized spacial score (nSPS) is 16.5. The van der Waals surface area contributed by atoms with Gasteiger partial charge in [-0.2, -0.15) is 5.10 Å². The van der Waals surface area contributed by atoms with Gasteiger partial charge in [-0.25, -0.2) is 9.97 Å². The molecule has 2 aliphatic rings. The number of anilines is 4. The first-order valence-electron chi connectivity index (χ1n) is 12.3. The van der Waals surface area contributed by atoms with Crippen LogP contribution in [0.25, 0.3) is 11.1 Å². The van der Waals surface area contributed by atoms with E-state index in [1.807, 2.05) is 18.3 Å². The highest BCUT2D eigenvalue weighted by atomic mass is 16.5. The second kappa shape index (κ2) is 10.9. The average molecular weight is 503 g/mol. The van der Waals surface area contributed by atoms with Crippen LogP contribution in [0, 0.1) is 0 Å². The molecule has 0 bridgehead atoms. The Kier molecular flexibility index (Phi) is 7.24. The number of nitrogens with one attached hydrogen (secondary N) is 2. The molecule has 192 valence electrons. The Morgan fingerprint density at radius 3 is 2.59 bits per heavy atom. The monoisotopic (exact) mass is 502 g/mol. The lowest BCUT2D eigenvalue weighted by Crippen LogP contribution is -2.56. The first-order chi connectivity index (χ1) is 18.1. The Morgan fingerprint density at radius 1 is 1.14 bits per heavy atom. The van der Waals surface area contributed by atoms with E-state index < -0.39 is 0 Å². The molecule has 0 aromatic carbocycles. The first-order valence-corrected chi connectivity index (χ1v) is 12.3. The summed E-state index contributed by atoms with van der Waals surface area (Å²) in [6.45, 7) is 7.34. The van der Waals surface area contributed by atoms with Gasteiger partial charge >= 0.3 is 0 Å². The van der Waals surface area contributed by atoms with Gasteiger partial charge in [0.05, 0.1) is 36.7 Å². The molecule has 2 aliphatic heterocycles. The largest absolute Gasteiger partial charge is 0.378 e. The molecule has 0 amide bonds. The molecule has 0 unspecified atom stereocenters. The molecule has 0 atom stereocenters. The van der Waals surface area contributed by atoms with Crippen molar-refractivity contribution < 1.29 is 9.53 Å². The highest BCUT2D eigenvalue weighted by molar-refractivity contribution is 5.93. The number of rotatable bonds is 8. The van der Waals surface area contributed by atoms with Crippen LogP contribution in [0.2, 0.25) is 0 Å². The molecule has 5 rings (SSSR count). The van der Waals surface area contributed by atoms with Crippen LogP contribution >= 0.6 is 0 Å². The van der Waals surface area contributed by atoms with Crippen molar-refractivity contribution in [2.45, 2.75) is 13.0 Å². The fraction of sp³-hybridized carbons (Fsp3) is 0.346. The van der Waals surface area contributed by atoms with Gasteiger partial charge in [0.25, 0.3) is 5.56 Å². The van der Waals surface area contributed by atoms with E-state index in [0.717, 1.165) is 51.4 Å². The zero-order chi connectivity index (χ0) is 25.8. The van der Waals surface area contributed by atoms with Crippen molar-refractivity contribution in [3.63, 3.8) is 0 Å². The maximum Gasteiger partial charge on any atom is 0.274 e. The first kappa shape index (κ1) is 24.6. The van der Waals surface area contributed by atoms with Crippen molar-refractivity contribution in [1.82, 2.24) is 19.4 Å². The molecule has 11 heteroatoms. The molecule has 2 fully saturated rings. The molecule has 2 saturated heterocycles. The van der Waals surface area contributed by atoms with Gasteiger partial charge < -0.3 is 19.5 Å². The van der Waals surface area contributed by atoms with Crippen molar-refractivity contribution in [1.29, 1.82) is 0 Å². The number of carbonyl (C=O) groups excluding carboxylic acids is 1. The van der Waals surface area contributed by atoms with Crippen LogP contribution in [-0.2, 0) is 11.8 Å². The summed E-state index contributed by atoms with van der Waals surface area (Å²) in [5.74, 6) is 0.904. The van der Waals surface area contributed by atoms with Gasteiger partial charge in [0.2, 0.25) is 0 Å². The van der Waals surface area contributed by atoms with Gasteiger partial charge in [-0.15, -0.1) is 0 Å². The molecule has 37 heavy (non-hydrogen) atoms. The summed E-state index contributed by atoms with van der Waals surface area (Å²) in [6, 6.07) is 7.91. The lowest BCUT2D eigenvalue weighted by atomic mass is 10.0. The van der Waals surface area contributed by atoms with Crippen molar-refractivity contribution in [3.05, 3.63) is 58.8 Å². The zero-order valence-corrected chi connectivity index (χ0v) is 20.9. The Hall–Kier alpha value is -4.09. The molecule has 3 aromatic rings. The zero-order valence-electron chi connectivity index (χ0n) is 20.9. The minimum Gasteiger partial charge on any atom is -0.378 e. The fourth-order valence-electron chi connectivity index (χ4n) is 4.57. The van der Waals surface area contributed by atoms with E-state index in [4.69, 9.17) is 4.74 Å². The Morgan fingerprint density at radius 2 is 1.95 bits per heavy atom. The number of aromatic nitrogens is 3. The molecule has 0 spiro atoms. The number of hydrazone groups is 1. The number of pyridine rings is 3. The molecular formula is C26H30N8O3. The van der Waals surface area contributed by atoms with Crippen molar-refractivity contribution in [3.8, 4) is 11.1 Å². The number of aldehydes is 1. The average Bonchev–Trinajstić information content (AvgIpc) is 2.89. The van der Waals surface area contributed by atoms with E-state index in [1.165, 1.54) is 4.57 Å². The van der Waals surface area contributed by atoms with Crippen molar-refractivity contribution >= 4 is 35.5 Å². The van der Waals surface area contributed by atoms with Gasteiger partial charge in [-0.3, -0.25) is 19.9 Å². The number of aryl methyl sites for hydroxylation is 1. The second-order valence-corrected chi connectivity index (χ2v) is 9.04. The highest BCUT2D eigenvalue weighted by Crippen LogP contribution is 2.28. The highest BCUT2D eigenvalue weighted by Gasteiger charge is 2.29. The Balaban J connectivity index is 1.34. The van der Waals surface area contributed by atoms with Gasteiger partial charge in [-0.1, -0.05) is 0 Å². The van der Waals surface area contributed by atoms with Crippen molar-refractivity contribution in [2.75, 3.05) is 55.0 Å². The minimum absolute atomic E-state index is 0.207. The lowest BCUT2D eigenvalue weighted by Gasteiger charge is -2.43. The molecule has 3 aromatic heterocycles. The van der Waals surface area contributed by atoms with Crippen LogP contribution in [-0.4, -0.2) is 77.4 Å². The summed E-state index contributed by atoms with van der Waals surface area (Å²) >= 11 is 0. The van der Waals surface area contributed by atoms with E-state index in [1.54, 1.807) is 44.7 Å². The Labute approximate surface area is 214 Å². The minimum atomic E-state index is -0.207. The number of hydrogen-bond acceptors (Lipinski definition) is 10. The molecule has 0 aliphatic carbocycles. The number of ether oxygens (including phenoxy) is 1. The van der Waals surface area contributed by atoms with Crippen LogP contribution in [0.3, 0.4) is 0 Å². The van der Waals surface area contributed by atoms with E-state index in [9.17, 15) is 9.59 Å². The van der Waals surface area contributed by atoms with Crippen LogP contribution < -0.4 is 21.2 Å². The van der Waals surface area contributed by atoms with Crippen LogP contribution in [0.5, 0.6) is 0 Å². The van der Waals surface area contributed by atoms with Crippen LogP contribution in [0.1, 0.15) is 17.3 Å². The smallest absolute Gasteiger partial charge is 0.274 e. The maximum absolute atomic E-state index is 12.9. The third-order valence-electron chi connectivity index (χ3n) is 6.73. The SMILES string of the molecule is C/C=N\Nc1nccc(-c2cc(Nc3ccc(N4CCN(C5COC5)CC4)cn3)c(=O)n(C)c2)c1C=O. The molecular weight excluding hydrogens is 472 g/mol. The number of piperazine rings is 1. The van der Waals surface area contributed by atoms with Gasteiger partial charge in [0.15, 0.2) is 12.1 Å². The van der Waals surface area contributed by atoms with Gasteiger partial charge in [0.1, 0.15) is 11.5 Å². The summed E-state index contributed by atoms with van der Waals surface area (Å²) in [7, 11) is 1.67. The summed E-state index contributed by atoms with van der Waals surface area (Å²) < 4.78 is 6.80. The fourth-order valence-corrected chi connectivity index (χ4v) is 4.57. The summed E-state index contributed by atoms with van der Waals surface area (Å²) in [4.78, 5) is 38.4. The Bertz CT molecular complexity index is 1340. The van der Waals surface area contributed by atoms with Crippen LogP contribution in [0.15, 0.2) is 52.8 Å². The van der Waals surface area contributed by atoms with Gasteiger partial charge in [-0.05, 0) is 36.8 Å². The second-order valence-electron chi connectivity index (χ2n) is 9.04. The van der Waals surface area contributed by atoms with E-state index >= 15 is 0 Å². The number of hydrogen-bond donors (Lipinski definition) is 2. The topological polar surface area (TPSA) is 117 Å². The summed E-state index contributed by atoms with van der Waals surface area (Å²) in [6.07, 6.45) is 7.41. The predicted molar refractivity (Wildman–Crippen MR) is 144 cm³/mol. The van der Waals surface area contributed by atoms with Crippen LogP contribution in [0.4, 0.5) is 23.0 Å². The molecule has 2 N–H and O–H groups in total. The van der Waals surface area contributed by atoms with Crippen molar-refractivity contribution in [2.24, 2.45) is 12.1 Å². The number of carbonyl (C=O) groups is 1. The molecule has 5 heterocycles. The third kappa shape index (κ3) is 5.23. The summed E-state index contributed by atoms with van der Waals surface area (Å²) in [5.41, 5.74) is 5.64. The summed E-state index contributed by atoms with van der Waals surface area (Å²) in [5, 5.41) is 7.11. The predicted octanol–water partition coefficient (Wildman–Crippen LogP) is 2.34. The molecule has 0 radical (unpaired) electrons. The quantitative estimate of drug-likeness (QED) is 0.272.